The fraction of sp³-hybridized carbons (Fsp3) is 0.235. The topological polar surface area (TPSA) is 12.4 Å². The van der Waals surface area contributed by atoms with Gasteiger partial charge in [0.15, 0.2) is 0 Å². The first-order valence-electron chi connectivity index (χ1n) is 6.82. The van der Waals surface area contributed by atoms with E-state index in [1.165, 1.54) is 10.5 Å². The molecule has 0 aromatic heterocycles. The molecule has 2 rings (SSSR count). The predicted molar refractivity (Wildman–Crippen MR) is 94.1 cm³/mol. The van der Waals surface area contributed by atoms with E-state index >= 15 is 0 Å². The van der Waals surface area contributed by atoms with Crippen LogP contribution in [0.15, 0.2) is 58.4 Å². The van der Waals surface area contributed by atoms with Crippen LogP contribution in [0.5, 0.6) is 0 Å². The van der Waals surface area contributed by atoms with Crippen LogP contribution in [0.1, 0.15) is 11.1 Å². The Labute approximate surface area is 126 Å². The van der Waals surface area contributed by atoms with Crippen molar-refractivity contribution in [2.24, 2.45) is 4.99 Å². The molecule has 3 heteroatoms. The highest BCUT2D eigenvalue weighted by Gasteiger charge is 2.14. The van der Waals surface area contributed by atoms with Gasteiger partial charge >= 0.3 is 0 Å². The lowest BCUT2D eigenvalue weighted by atomic mass is 10.2. The highest BCUT2D eigenvalue weighted by Crippen LogP contribution is 2.28. The van der Waals surface area contributed by atoms with Crippen molar-refractivity contribution in [3.05, 3.63) is 59.7 Å². The van der Waals surface area contributed by atoms with Gasteiger partial charge in [-0.2, -0.15) is 11.2 Å². The highest BCUT2D eigenvalue weighted by atomic mass is 32.4. The van der Waals surface area contributed by atoms with Crippen molar-refractivity contribution >= 4 is 30.3 Å². The van der Waals surface area contributed by atoms with E-state index in [1.54, 1.807) is 0 Å². The maximum absolute atomic E-state index is 4.50. The maximum atomic E-state index is 4.50. The van der Waals surface area contributed by atoms with Crippen LogP contribution in [-0.2, 0) is 0 Å². The molecule has 0 saturated heterocycles. The molecule has 0 atom stereocenters. The zero-order valence-corrected chi connectivity index (χ0v) is 14.4. The monoisotopic (exact) mass is 299 g/mol. The van der Waals surface area contributed by atoms with Crippen molar-refractivity contribution in [1.29, 1.82) is 0 Å². The molecule has 0 heterocycles. The minimum Gasteiger partial charge on any atom is -0.256 e. The van der Waals surface area contributed by atoms with Crippen molar-refractivity contribution < 1.29 is 0 Å². The lowest BCUT2D eigenvalue weighted by Crippen LogP contribution is -2.13. The summed E-state index contributed by atoms with van der Waals surface area (Å²) in [6.07, 6.45) is 1.92. The summed E-state index contributed by atoms with van der Waals surface area (Å²) in [5, 5.41) is 0. The summed E-state index contributed by atoms with van der Waals surface area (Å²) in [6.45, 7) is 9.18. The Kier molecular flexibility index (Phi) is 4.84. The molecule has 1 nitrogen and oxygen atoms in total. The molecule has 0 unspecified atom stereocenters. The van der Waals surface area contributed by atoms with Crippen molar-refractivity contribution in [3.63, 3.8) is 0 Å². The van der Waals surface area contributed by atoms with Crippen LogP contribution >= 0.6 is 11.2 Å². The second-order valence-electron chi connectivity index (χ2n) is 5.88. The summed E-state index contributed by atoms with van der Waals surface area (Å²) in [6, 6.07) is 16.9. The first-order valence-corrected chi connectivity index (χ1v) is 11.9. The van der Waals surface area contributed by atoms with Crippen LogP contribution in [0, 0.1) is 6.92 Å². The van der Waals surface area contributed by atoms with Gasteiger partial charge in [-0.3, -0.25) is 4.99 Å². The summed E-state index contributed by atoms with van der Waals surface area (Å²) < 4.78 is 0. The second kappa shape index (κ2) is 6.42. The highest BCUT2D eigenvalue weighted by molar-refractivity contribution is 8.28. The molecule has 0 amide bonds. The summed E-state index contributed by atoms with van der Waals surface area (Å²) in [4.78, 5) is 5.86. The fourth-order valence-electron chi connectivity index (χ4n) is 1.76. The van der Waals surface area contributed by atoms with Crippen molar-refractivity contribution in [2.75, 3.05) is 0 Å². The normalized spacial score (nSPS) is 12.0. The van der Waals surface area contributed by atoms with E-state index in [0.717, 1.165) is 11.3 Å². The lowest BCUT2D eigenvalue weighted by Gasteiger charge is -2.14. The minimum absolute atomic E-state index is 0.996. The van der Waals surface area contributed by atoms with Gasteiger partial charge in [0.25, 0.3) is 0 Å². The molecule has 0 N–H and O–H groups in total. The standard InChI is InChI=1S/C17H21NSSi/c1-14-5-9-16(10-6-14)18-13-15-7-11-17(12-8-15)19-20(2,3)4/h5-13H,1-4H3/b18-13+. The summed E-state index contributed by atoms with van der Waals surface area (Å²) >= 11 is 2.02. The van der Waals surface area contributed by atoms with Crippen LogP contribution in [0.4, 0.5) is 5.69 Å². The van der Waals surface area contributed by atoms with E-state index < -0.39 is 7.22 Å². The molecule has 0 saturated carbocycles. The Morgan fingerprint density at radius 2 is 1.50 bits per heavy atom. The van der Waals surface area contributed by atoms with Gasteiger partial charge in [-0.15, -0.1) is 0 Å². The minimum atomic E-state index is -1.11. The molecule has 0 spiro atoms. The quantitative estimate of drug-likeness (QED) is 0.523. The number of hydrogen-bond acceptors (Lipinski definition) is 2. The number of hydrogen-bond donors (Lipinski definition) is 0. The third-order valence-electron chi connectivity index (χ3n) is 2.70. The maximum Gasteiger partial charge on any atom is 0.114 e. The number of aliphatic imine (C=N–C) groups is 1. The fourth-order valence-corrected chi connectivity index (χ4v) is 5.26. The Balaban J connectivity index is 2.05. The number of rotatable bonds is 4. The Hall–Kier alpha value is -1.32. The molecule has 0 bridgehead atoms. The third-order valence-corrected chi connectivity index (χ3v) is 6.37. The van der Waals surface area contributed by atoms with E-state index in [4.69, 9.17) is 0 Å². The SMILES string of the molecule is Cc1ccc(/N=C/c2ccc(S[Si](C)(C)C)cc2)cc1. The number of nitrogens with zero attached hydrogens (tertiary/aromatic N) is 1. The average Bonchev–Trinajstić information content (AvgIpc) is 2.38. The van der Waals surface area contributed by atoms with Crippen LogP contribution in [0.3, 0.4) is 0 Å². The first kappa shape index (κ1) is 15.1. The first-order chi connectivity index (χ1) is 9.42. The van der Waals surface area contributed by atoms with Crippen molar-refractivity contribution in [1.82, 2.24) is 0 Å². The van der Waals surface area contributed by atoms with Crippen molar-refractivity contribution in [3.8, 4) is 0 Å². The van der Waals surface area contributed by atoms with Crippen LogP contribution in [-0.4, -0.2) is 13.4 Å². The third kappa shape index (κ3) is 4.98. The Bertz CT molecular complexity index is 580. The molecule has 20 heavy (non-hydrogen) atoms. The van der Waals surface area contributed by atoms with Gasteiger partial charge in [-0.1, -0.05) is 49.5 Å². The van der Waals surface area contributed by atoms with E-state index in [-0.39, 0.29) is 0 Å². The van der Waals surface area contributed by atoms with Gasteiger partial charge in [0.1, 0.15) is 7.22 Å². The molecule has 0 aliphatic heterocycles. The van der Waals surface area contributed by atoms with Gasteiger partial charge in [0, 0.05) is 11.1 Å². The Morgan fingerprint density at radius 1 is 0.900 bits per heavy atom. The summed E-state index contributed by atoms with van der Waals surface area (Å²) in [7, 11) is -1.11. The molecule has 2 aromatic carbocycles. The Morgan fingerprint density at radius 3 is 2.05 bits per heavy atom. The lowest BCUT2D eigenvalue weighted by molar-refractivity contribution is 1.43. The zero-order valence-electron chi connectivity index (χ0n) is 12.6. The van der Waals surface area contributed by atoms with Gasteiger partial charge in [-0.25, -0.2) is 0 Å². The van der Waals surface area contributed by atoms with E-state index in [0.29, 0.717) is 0 Å². The van der Waals surface area contributed by atoms with E-state index in [2.05, 4.69) is 68.0 Å². The molecule has 2 aromatic rings. The molecular formula is C17H21NSSi. The molecule has 0 aliphatic rings. The van der Waals surface area contributed by atoms with Crippen LogP contribution < -0.4 is 0 Å². The zero-order chi connectivity index (χ0) is 14.6. The smallest absolute Gasteiger partial charge is 0.114 e. The largest absolute Gasteiger partial charge is 0.256 e. The molecule has 0 radical (unpaired) electrons. The van der Waals surface area contributed by atoms with Gasteiger partial charge in [-0.05, 0) is 36.8 Å². The van der Waals surface area contributed by atoms with Gasteiger partial charge < -0.3 is 0 Å². The molecule has 0 aliphatic carbocycles. The van der Waals surface area contributed by atoms with Crippen LogP contribution in [0.2, 0.25) is 19.6 Å². The summed E-state index contributed by atoms with van der Waals surface area (Å²) in [5.74, 6) is 0. The van der Waals surface area contributed by atoms with Gasteiger partial charge in [0.2, 0.25) is 0 Å². The molecular weight excluding hydrogens is 278 g/mol. The predicted octanol–water partition coefficient (Wildman–Crippen LogP) is 5.67. The van der Waals surface area contributed by atoms with Gasteiger partial charge in [0.05, 0.1) is 5.69 Å². The molecule has 104 valence electrons. The summed E-state index contributed by atoms with van der Waals surface area (Å²) in [5.41, 5.74) is 3.40. The number of benzene rings is 2. The second-order valence-corrected chi connectivity index (χ2v) is 15.1. The van der Waals surface area contributed by atoms with E-state index in [1.807, 2.05) is 29.6 Å². The van der Waals surface area contributed by atoms with Crippen molar-refractivity contribution in [2.45, 2.75) is 31.5 Å². The number of aryl methyl sites for hydroxylation is 1. The molecule has 0 fully saturated rings. The average molecular weight is 300 g/mol. The van der Waals surface area contributed by atoms with E-state index in [9.17, 15) is 0 Å². The van der Waals surface area contributed by atoms with Crippen LogP contribution in [0.25, 0.3) is 0 Å².